The molecule has 0 radical (unpaired) electrons. The Morgan fingerprint density at radius 3 is 2.25 bits per heavy atom. The lowest BCUT2D eigenvalue weighted by molar-refractivity contribution is -0.160. The van der Waals surface area contributed by atoms with Crippen molar-refractivity contribution in [2.75, 3.05) is 19.8 Å². The average molecular weight is 280 g/mol. The van der Waals surface area contributed by atoms with Crippen LogP contribution in [0, 0.1) is 6.92 Å². The maximum absolute atomic E-state index is 11.4. The fraction of sp³-hybridized carbons (Fsp3) is 0.562. The van der Waals surface area contributed by atoms with Gasteiger partial charge in [-0.3, -0.25) is 0 Å². The smallest absolute Gasteiger partial charge is 0.332 e. The van der Waals surface area contributed by atoms with E-state index in [-0.39, 0.29) is 12.6 Å². The Labute approximate surface area is 121 Å². The molecule has 0 spiro atoms. The summed E-state index contributed by atoms with van der Waals surface area (Å²) in [6, 6.07) is 8.18. The number of hydrogen-bond acceptors (Lipinski definition) is 4. The van der Waals surface area contributed by atoms with E-state index in [0.717, 1.165) is 5.56 Å². The van der Waals surface area contributed by atoms with Crippen molar-refractivity contribution in [2.45, 2.75) is 39.9 Å². The number of carbonyl (C=O) groups is 1. The Morgan fingerprint density at radius 1 is 1.05 bits per heavy atom. The molecule has 0 aliphatic rings. The van der Waals surface area contributed by atoms with Gasteiger partial charge in [-0.25, -0.2) is 4.79 Å². The zero-order valence-corrected chi connectivity index (χ0v) is 12.8. The highest BCUT2D eigenvalue weighted by atomic mass is 16.6. The van der Waals surface area contributed by atoms with Crippen molar-refractivity contribution in [2.24, 2.45) is 0 Å². The molecule has 0 unspecified atom stereocenters. The van der Waals surface area contributed by atoms with Crippen molar-refractivity contribution in [3.05, 3.63) is 35.4 Å². The highest BCUT2D eigenvalue weighted by Gasteiger charge is 2.15. The lowest BCUT2D eigenvalue weighted by atomic mass is 10.2. The summed E-state index contributed by atoms with van der Waals surface area (Å²) in [5, 5.41) is 0. The van der Waals surface area contributed by atoms with E-state index >= 15 is 0 Å². The van der Waals surface area contributed by atoms with Crippen LogP contribution in [0.5, 0.6) is 0 Å². The van der Waals surface area contributed by atoms with Gasteiger partial charge in [0.2, 0.25) is 0 Å². The number of hydrogen-bond donors (Lipinski definition) is 0. The fourth-order valence-corrected chi connectivity index (χ4v) is 1.52. The molecule has 0 bridgehead atoms. The summed E-state index contributed by atoms with van der Waals surface area (Å²) in [6.07, 6.45) is 0. The summed E-state index contributed by atoms with van der Waals surface area (Å²) < 4.78 is 15.8. The van der Waals surface area contributed by atoms with Crippen LogP contribution in [0.15, 0.2) is 24.3 Å². The Balaban J connectivity index is 2.05. The van der Waals surface area contributed by atoms with Gasteiger partial charge in [0.15, 0.2) is 0 Å². The van der Waals surface area contributed by atoms with Crippen LogP contribution in [0.4, 0.5) is 0 Å². The molecule has 4 heteroatoms. The number of benzene rings is 1. The van der Waals surface area contributed by atoms with Gasteiger partial charge in [-0.15, -0.1) is 0 Å². The molecular weight excluding hydrogens is 256 g/mol. The molecule has 20 heavy (non-hydrogen) atoms. The largest absolute Gasteiger partial charge is 0.458 e. The van der Waals surface area contributed by atoms with E-state index in [2.05, 4.69) is 19.1 Å². The van der Waals surface area contributed by atoms with Crippen molar-refractivity contribution < 1.29 is 19.0 Å². The molecule has 1 aromatic rings. The molecule has 0 saturated carbocycles. The number of ether oxygens (including phenoxy) is 3. The number of carbonyl (C=O) groups excluding carboxylic acids is 1. The van der Waals surface area contributed by atoms with Gasteiger partial charge in [0.05, 0.1) is 19.8 Å². The molecule has 4 nitrogen and oxygen atoms in total. The van der Waals surface area contributed by atoms with Crippen LogP contribution < -0.4 is 0 Å². The third kappa shape index (κ3) is 7.92. The van der Waals surface area contributed by atoms with Crippen LogP contribution in [0.1, 0.15) is 31.9 Å². The zero-order chi connectivity index (χ0) is 15.0. The van der Waals surface area contributed by atoms with Crippen molar-refractivity contribution in [3.8, 4) is 0 Å². The predicted octanol–water partition coefficient (Wildman–Crippen LogP) is 2.87. The molecule has 0 atom stereocenters. The van der Waals surface area contributed by atoms with E-state index < -0.39 is 5.60 Å². The normalized spacial score (nSPS) is 11.4. The maximum Gasteiger partial charge on any atom is 0.332 e. The van der Waals surface area contributed by atoms with E-state index in [0.29, 0.717) is 19.8 Å². The average Bonchev–Trinajstić information content (AvgIpc) is 2.33. The topological polar surface area (TPSA) is 44.8 Å². The SMILES string of the molecule is Cc1ccc(COCCOCC(=O)OC(C)(C)C)cc1. The molecule has 0 fully saturated rings. The van der Waals surface area contributed by atoms with Crippen LogP contribution in [0.2, 0.25) is 0 Å². The monoisotopic (exact) mass is 280 g/mol. The molecule has 1 aromatic carbocycles. The summed E-state index contributed by atoms with van der Waals surface area (Å²) in [5.74, 6) is -0.351. The second-order valence-electron chi connectivity index (χ2n) is 5.68. The Bertz CT molecular complexity index is 403. The van der Waals surface area contributed by atoms with Crippen molar-refractivity contribution in [1.29, 1.82) is 0 Å². The first-order valence-electron chi connectivity index (χ1n) is 6.80. The molecule has 0 amide bonds. The second-order valence-corrected chi connectivity index (χ2v) is 5.68. The lowest BCUT2D eigenvalue weighted by Crippen LogP contribution is -2.26. The van der Waals surface area contributed by atoms with Crippen LogP contribution in [-0.4, -0.2) is 31.4 Å². The van der Waals surface area contributed by atoms with Gasteiger partial charge in [0.25, 0.3) is 0 Å². The number of rotatable bonds is 7. The molecule has 0 N–H and O–H groups in total. The van der Waals surface area contributed by atoms with Gasteiger partial charge < -0.3 is 14.2 Å². The van der Waals surface area contributed by atoms with E-state index in [9.17, 15) is 4.79 Å². The molecule has 0 aliphatic heterocycles. The van der Waals surface area contributed by atoms with Crippen LogP contribution in [0.25, 0.3) is 0 Å². The third-order valence-corrected chi connectivity index (χ3v) is 2.40. The third-order valence-electron chi connectivity index (χ3n) is 2.40. The van der Waals surface area contributed by atoms with Gasteiger partial charge in [0, 0.05) is 0 Å². The van der Waals surface area contributed by atoms with Gasteiger partial charge >= 0.3 is 5.97 Å². The van der Waals surface area contributed by atoms with E-state index in [1.54, 1.807) is 0 Å². The van der Waals surface area contributed by atoms with Crippen LogP contribution >= 0.6 is 0 Å². The fourth-order valence-electron chi connectivity index (χ4n) is 1.52. The number of esters is 1. The molecule has 0 aromatic heterocycles. The number of aryl methyl sites for hydroxylation is 1. The predicted molar refractivity (Wildman–Crippen MR) is 77.5 cm³/mol. The summed E-state index contributed by atoms with van der Waals surface area (Å²) in [7, 11) is 0. The molecular formula is C16H24O4. The lowest BCUT2D eigenvalue weighted by Gasteiger charge is -2.19. The molecule has 1 rings (SSSR count). The quantitative estimate of drug-likeness (QED) is 0.569. The van der Waals surface area contributed by atoms with Gasteiger partial charge in [-0.2, -0.15) is 0 Å². The Hall–Kier alpha value is -1.39. The van der Waals surface area contributed by atoms with Gasteiger partial charge in [-0.1, -0.05) is 29.8 Å². The minimum absolute atomic E-state index is 0.0365. The van der Waals surface area contributed by atoms with Crippen LogP contribution in [-0.2, 0) is 25.6 Å². The zero-order valence-electron chi connectivity index (χ0n) is 12.8. The van der Waals surface area contributed by atoms with Crippen LogP contribution in [0.3, 0.4) is 0 Å². The van der Waals surface area contributed by atoms with Crippen molar-refractivity contribution in [1.82, 2.24) is 0 Å². The maximum atomic E-state index is 11.4. The first-order chi connectivity index (χ1) is 9.37. The summed E-state index contributed by atoms with van der Waals surface area (Å²) in [4.78, 5) is 11.4. The standard InChI is InChI=1S/C16H24O4/c1-13-5-7-14(8-6-13)11-18-9-10-19-12-15(17)20-16(2,3)4/h5-8H,9-12H2,1-4H3. The molecule has 112 valence electrons. The summed E-state index contributed by atoms with van der Waals surface area (Å²) >= 11 is 0. The summed E-state index contributed by atoms with van der Waals surface area (Å²) in [6.45, 7) is 8.89. The molecule has 0 saturated heterocycles. The highest BCUT2D eigenvalue weighted by Crippen LogP contribution is 2.07. The summed E-state index contributed by atoms with van der Waals surface area (Å²) in [5.41, 5.74) is 1.89. The minimum atomic E-state index is -0.470. The molecule has 0 heterocycles. The van der Waals surface area contributed by atoms with E-state index in [1.165, 1.54) is 5.56 Å². The second kappa shape index (κ2) is 8.02. The minimum Gasteiger partial charge on any atom is -0.458 e. The van der Waals surface area contributed by atoms with Gasteiger partial charge in [0.1, 0.15) is 12.2 Å². The van der Waals surface area contributed by atoms with Gasteiger partial charge in [-0.05, 0) is 33.3 Å². The van der Waals surface area contributed by atoms with Crippen molar-refractivity contribution in [3.63, 3.8) is 0 Å². The van der Waals surface area contributed by atoms with E-state index in [1.807, 2.05) is 32.9 Å². The van der Waals surface area contributed by atoms with Crippen molar-refractivity contribution >= 4 is 5.97 Å². The first kappa shape index (κ1) is 16.7. The highest BCUT2D eigenvalue weighted by molar-refractivity contribution is 5.71. The Kier molecular flexibility index (Phi) is 6.68. The first-order valence-corrected chi connectivity index (χ1v) is 6.80. The van der Waals surface area contributed by atoms with E-state index in [4.69, 9.17) is 14.2 Å². The Morgan fingerprint density at radius 2 is 1.65 bits per heavy atom. The molecule has 0 aliphatic carbocycles.